The second-order valence-corrected chi connectivity index (χ2v) is 9.20. The molecule has 0 aliphatic heterocycles. The van der Waals surface area contributed by atoms with E-state index in [9.17, 15) is 9.59 Å². The SMILES string of the molecule is Cn1c(SCC(=O)Nc2ccc(Br)cc2)nc2cc(-c3ccccc3)sc2c1=O. The van der Waals surface area contributed by atoms with Crippen molar-refractivity contribution in [2.45, 2.75) is 5.16 Å². The maximum absolute atomic E-state index is 12.8. The first-order chi connectivity index (χ1) is 14.0. The predicted octanol–water partition coefficient (Wildman–Crippen LogP) is 5.16. The topological polar surface area (TPSA) is 64.0 Å². The third-order valence-electron chi connectivity index (χ3n) is 4.23. The van der Waals surface area contributed by atoms with Crippen molar-refractivity contribution in [3.8, 4) is 10.4 Å². The molecule has 0 fully saturated rings. The number of carbonyl (C=O) groups is 1. The maximum atomic E-state index is 12.8. The van der Waals surface area contributed by atoms with Gasteiger partial charge in [0.1, 0.15) is 4.70 Å². The molecule has 2 aromatic heterocycles. The molecule has 0 atom stereocenters. The van der Waals surface area contributed by atoms with Crippen molar-refractivity contribution in [1.29, 1.82) is 0 Å². The molecule has 1 N–H and O–H groups in total. The van der Waals surface area contributed by atoms with Crippen molar-refractivity contribution < 1.29 is 4.79 Å². The molecule has 2 aromatic carbocycles. The molecule has 0 aliphatic rings. The quantitative estimate of drug-likeness (QED) is 0.313. The van der Waals surface area contributed by atoms with E-state index in [2.05, 4.69) is 26.2 Å². The molecule has 0 spiro atoms. The van der Waals surface area contributed by atoms with Gasteiger partial charge in [-0.05, 0) is 35.9 Å². The minimum Gasteiger partial charge on any atom is -0.325 e. The summed E-state index contributed by atoms with van der Waals surface area (Å²) in [5, 5.41) is 3.36. The van der Waals surface area contributed by atoms with Gasteiger partial charge in [-0.3, -0.25) is 14.2 Å². The molecule has 0 radical (unpaired) electrons. The van der Waals surface area contributed by atoms with Crippen LogP contribution < -0.4 is 10.9 Å². The van der Waals surface area contributed by atoms with Gasteiger partial charge < -0.3 is 5.32 Å². The number of thiophene rings is 1. The summed E-state index contributed by atoms with van der Waals surface area (Å²) in [4.78, 5) is 30.7. The van der Waals surface area contributed by atoms with Crippen LogP contribution in [0.25, 0.3) is 20.7 Å². The molecule has 1 amide bonds. The smallest absolute Gasteiger partial charge is 0.271 e. The number of anilines is 1. The van der Waals surface area contributed by atoms with Gasteiger partial charge >= 0.3 is 0 Å². The summed E-state index contributed by atoms with van der Waals surface area (Å²) in [5.74, 6) is 0.0133. The van der Waals surface area contributed by atoms with Crippen LogP contribution in [0.1, 0.15) is 0 Å². The Morgan fingerprint density at radius 3 is 2.62 bits per heavy atom. The zero-order valence-corrected chi connectivity index (χ0v) is 18.6. The molecule has 0 aliphatic carbocycles. The number of hydrogen-bond donors (Lipinski definition) is 1. The molecule has 0 saturated heterocycles. The Hall–Kier alpha value is -2.42. The molecule has 5 nitrogen and oxygen atoms in total. The number of carbonyl (C=O) groups excluding carboxylic acids is 1. The third kappa shape index (κ3) is 4.44. The van der Waals surface area contributed by atoms with Crippen LogP contribution in [-0.4, -0.2) is 21.2 Å². The van der Waals surface area contributed by atoms with E-state index in [4.69, 9.17) is 0 Å². The number of nitrogens with one attached hydrogen (secondary N) is 1. The van der Waals surface area contributed by atoms with Crippen LogP contribution in [-0.2, 0) is 11.8 Å². The lowest BCUT2D eigenvalue weighted by atomic mass is 10.2. The number of fused-ring (bicyclic) bond motifs is 1. The molecule has 0 bridgehead atoms. The monoisotopic (exact) mass is 485 g/mol. The van der Waals surface area contributed by atoms with E-state index in [0.29, 0.717) is 15.4 Å². The van der Waals surface area contributed by atoms with Crippen molar-refractivity contribution in [3.63, 3.8) is 0 Å². The van der Waals surface area contributed by atoms with Gasteiger partial charge in [-0.25, -0.2) is 4.98 Å². The zero-order chi connectivity index (χ0) is 20.4. The summed E-state index contributed by atoms with van der Waals surface area (Å²) < 4.78 is 3.07. The van der Waals surface area contributed by atoms with Gasteiger partial charge in [0.15, 0.2) is 5.16 Å². The fourth-order valence-corrected chi connectivity index (χ4v) is 4.88. The summed E-state index contributed by atoms with van der Waals surface area (Å²) >= 11 is 6.05. The molecule has 0 unspecified atom stereocenters. The highest BCUT2D eigenvalue weighted by molar-refractivity contribution is 9.10. The van der Waals surface area contributed by atoms with Gasteiger partial charge in [0.2, 0.25) is 5.91 Å². The summed E-state index contributed by atoms with van der Waals surface area (Å²) in [6, 6.07) is 19.2. The van der Waals surface area contributed by atoms with Crippen LogP contribution in [0, 0.1) is 0 Å². The number of amides is 1. The Bertz CT molecular complexity index is 1230. The van der Waals surface area contributed by atoms with Gasteiger partial charge in [0.05, 0.1) is 11.3 Å². The zero-order valence-electron chi connectivity index (χ0n) is 15.4. The number of thioether (sulfide) groups is 1. The largest absolute Gasteiger partial charge is 0.325 e. The van der Waals surface area contributed by atoms with Gasteiger partial charge in [0, 0.05) is 22.1 Å². The van der Waals surface area contributed by atoms with Crippen molar-refractivity contribution in [1.82, 2.24) is 9.55 Å². The lowest BCUT2D eigenvalue weighted by Gasteiger charge is -2.08. The maximum Gasteiger partial charge on any atom is 0.271 e. The Balaban J connectivity index is 1.54. The molecule has 29 heavy (non-hydrogen) atoms. The van der Waals surface area contributed by atoms with E-state index in [1.807, 2.05) is 60.7 Å². The summed E-state index contributed by atoms with van der Waals surface area (Å²) in [5.41, 5.74) is 2.34. The van der Waals surface area contributed by atoms with E-state index in [1.165, 1.54) is 27.7 Å². The van der Waals surface area contributed by atoms with Gasteiger partial charge in [0.25, 0.3) is 5.56 Å². The second kappa shape index (κ2) is 8.52. The van der Waals surface area contributed by atoms with Crippen LogP contribution in [0.3, 0.4) is 0 Å². The molecule has 2 heterocycles. The van der Waals surface area contributed by atoms with E-state index in [-0.39, 0.29) is 17.2 Å². The average molecular weight is 486 g/mol. The molecule has 4 rings (SSSR count). The number of nitrogens with zero attached hydrogens (tertiary/aromatic N) is 2. The first-order valence-electron chi connectivity index (χ1n) is 8.75. The van der Waals surface area contributed by atoms with E-state index >= 15 is 0 Å². The fourth-order valence-electron chi connectivity index (χ4n) is 2.77. The molecular formula is C21H16BrN3O2S2. The Morgan fingerprint density at radius 1 is 1.17 bits per heavy atom. The van der Waals surface area contributed by atoms with Crippen molar-refractivity contribution in [2.75, 3.05) is 11.1 Å². The highest BCUT2D eigenvalue weighted by Gasteiger charge is 2.14. The van der Waals surface area contributed by atoms with E-state index < -0.39 is 0 Å². The molecule has 8 heteroatoms. The van der Waals surface area contributed by atoms with Crippen LogP contribution in [0.15, 0.2) is 75.1 Å². The first kappa shape index (κ1) is 19.9. The number of halogens is 1. The third-order valence-corrected chi connectivity index (χ3v) is 6.95. The number of aromatic nitrogens is 2. The normalized spacial score (nSPS) is 11.0. The average Bonchev–Trinajstić information content (AvgIpc) is 3.16. The second-order valence-electron chi connectivity index (χ2n) is 6.29. The number of rotatable bonds is 5. The lowest BCUT2D eigenvalue weighted by Crippen LogP contribution is -2.20. The predicted molar refractivity (Wildman–Crippen MR) is 124 cm³/mol. The number of benzene rings is 2. The van der Waals surface area contributed by atoms with Crippen LogP contribution in [0.4, 0.5) is 5.69 Å². The molecule has 4 aromatic rings. The minimum absolute atomic E-state index is 0.0991. The van der Waals surface area contributed by atoms with Gasteiger partial charge in [-0.1, -0.05) is 58.0 Å². The van der Waals surface area contributed by atoms with Crippen LogP contribution >= 0.6 is 39.0 Å². The van der Waals surface area contributed by atoms with Crippen molar-refractivity contribution >= 4 is 60.8 Å². The Kier molecular flexibility index (Phi) is 5.84. The molecular weight excluding hydrogens is 470 g/mol. The van der Waals surface area contributed by atoms with E-state index in [1.54, 1.807) is 7.05 Å². The van der Waals surface area contributed by atoms with Gasteiger partial charge in [-0.15, -0.1) is 11.3 Å². The Labute approximate surface area is 183 Å². The fraction of sp³-hybridized carbons (Fsp3) is 0.0952. The van der Waals surface area contributed by atoms with Gasteiger partial charge in [-0.2, -0.15) is 0 Å². The standard InChI is InChI=1S/C21H16BrN3O2S2/c1-25-20(27)19-16(11-17(29-19)13-5-3-2-4-6-13)24-21(25)28-12-18(26)23-15-9-7-14(22)8-10-15/h2-11H,12H2,1H3,(H,23,26). The lowest BCUT2D eigenvalue weighted by molar-refractivity contribution is -0.113. The molecule has 0 saturated carbocycles. The van der Waals surface area contributed by atoms with E-state index in [0.717, 1.165) is 20.6 Å². The van der Waals surface area contributed by atoms with Crippen LogP contribution in [0.2, 0.25) is 0 Å². The highest BCUT2D eigenvalue weighted by Crippen LogP contribution is 2.31. The highest BCUT2D eigenvalue weighted by atomic mass is 79.9. The number of hydrogen-bond acceptors (Lipinski definition) is 5. The van der Waals surface area contributed by atoms with Crippen LogP contribution in [0.5, 0.6) is 0 Å². The Morgan fingerprint density at radius 2 is 1.90 bits per heavy atom. The summed E-state index contributed by atoms with van der Waals surface area (Å²) in [7, 11) is 1.69. The summed E-state index contributed by atoms with van der Waals surface area (Å²) in [6.45, 7) is 0. The van der Waals surface area contributed by atoms with Crippen molar-refractivity contribution in [3.05, 3.63) is 75.5 Å². The molecule has 146 valence electrons. The first-order valence-corrected chi connectivity index (χ1v) is 11.3. The van der Waals surface area contributed by atoms with Crippen molar-refractivity contribution in [2.24, 2.45) is 7.05 Å². The minimum atomic E-state index is -0.151. The summed E-state index contributed by atoms with van der Waals surface area (Å²) in [6.07, 6.45) is 0.